The van der Waals surface area contributed by atoms with Crippen LogP contribution in [0.4, 0.5) is 5.69 Å². The first-order valence-electron chi connectivity index (χ1n) is 11.6. The molecule has 9 heteroatoms. The topological polar surface area (TPSA) is 66.9 Å². The van der Waals surface area contributed by atoms with Gasteiger partial charge in [0.15, 0.2) is 0 Å². The molecule has 3 aromatic rings. The van der Waals surface area contributed by atoms with Gasteiger partial charge in [-0.1, -0.05) is 50.1 Å². The zero-order valence-electron chi connectivity index (χ0n) is 20.2. The lowest BCUT2D eigenvalue weighted by Crippen LogP contribution is -2.44. The smallest absolute Gasteiger partial charge is 0.264 e. The fourth-order valence-electron chi connectivity index (χ4n) is 4.42. The molecule has 0 aliphatic carbocycles. The van der Waals surface area contributed by atoms with Crippen molar-refractivity contribution in [3.05, 3.63) is 92.4 Å². The maximum atomic E-state index is 13.7. The van der Waals surface area contributed by atoms with Gasteiger partial charge in [0.1, 0.15) is 0 Å². The van der Waals surface area contributed by atoms with Crippen LogP contribution in [-0.2, 0) is 19.6 Å². The first kappa shape index (κ1) is 26.9. The number of ether oxygens (including phenoxy) is 1. The van der Waals surface area contributed by atoms with Crippen LogP contribution in [0.15, 0.2) is 80.6 Å². The highest BCUT2D eigenvalue weighted by atomic mass is 79.9. The molecular formula is C27H28Br2N2O4S. The minimum atomic E-state index is -3.89. The first-order chi connectivity index (χ1) is 17.1. The van der Waals surface area contributed by atoms with E-state index in [4.69, 9.17) is 4.74 Å². The largest absolute Gasteiger partial charge is 0.377 e. The average Bonchev–Trinajstić information content (AvgIpc) is 2.84. The maximum absolute atomic E-state index is 13.7. The Balaban J connectivity index is 1.61. The van der Waals surface area contributed by atoms with E-state index in [1.165, 1.54) is 4.31 Å². The van der Waals surface area contributed by atoms with Crippen LogP contribution in [0.5, 0.6) is 0 Å². The summed E-state index contributed by atoms with van der Waals surface area (Å²) in [6.45, 7) is 5.22. The van der Waals surface area contributed by atoms with Crippen LogP contribution >= 0.6 is 31.9 Å². The van der Waals surface area contributed by atoms with Crippen molar-refractivity contribution in [2.75, 3.05) is 30.6 Å². The molecule has 1 aliphatic rings. The van der Waals surface area contributed by atoms with Crippen molar-refractivity contribution >= 4 is 53.5 Å². The number of rotatable bonds is 7. The molecule has 1 aliphatic heterocycles. The van der Waals surface area contributed by atoms with E-state index in [-0.39, 0.29) is 29.8 Å². The van der Waals surface area contributed by atoms with Crippen molar-refractivity contribution < 1.29 is 17.9 Å². The zero-order valence-corrected chi connectivity index (χ0v) is 24.1. The zero-order chi connectivity index (χ0) is 25.9. The second kappa shape index (κ2) is 11.5. The van der Waals surface area contributed by atoms with Gasteiger partial charge < -0.3 is 9.64 Å². The van der Waals surface area contributed by atoms with Crippen LogP contribution in [0, 0.1) is 13.8 Å². The molecule has 1 atom stereocenters. The molecule has 0 bridgehead atoms. The van der Waals surface area contributed by atoms with E-state index in [1.54, 1.807) is 29.2 Å². The Morgan fingerprint density at radius 3 is 2.17 bits per heavy atom. The maximum Gasteiger partial charge on any atom is 0.264 e. The minimum Gasteiger partial charge on any atom is -0.377 e. The summed E-state index contributed by atoms with van der Waals surface area (Å²) in [4.78, 5) is 15.4. The standard InChI is InChI=1S/C27H28Br2N2O4S/c1-19-15-20(2)17-24(16-19)31(36(33,34)25-9-7-23(29)8-10-25)12-11-27(32)30-13-14-35-18-26(30)21-3-5-22(28)6-4-21/h3-10,15-17,26H,11-14,18H2,1-2H3. The molecule has 0 saturated carbocycles. The number of sulfonamides is 1. The van der Waals surface area contributed by atoms with Crippen LogP contribution < -0.4 is 4.31 Å². The highest BCUT2D eigenvalue weighted by molar-refractivity contribution is 9.10. The van der Waals surface area contributed by atoms with Crippen LogP contribution in [-0.4, -0.2) is 45.5 Å². The molecular weight excluding hydrogens is 608 g/mol. The number of nitrogens with zero attached hydrogens (tertiary/aromatic N) is 2. The van der Waals surface area contributed by atoms with Crippen LogP contribution in [0.1, 0.15) is 29.2 Å². The number of hydrogen-bond donors (Lipinski definition) is 0. The van der Waals surface area contributed by atoms with E-state index >= 15 is 0 Å². The van der Waals surface area contributed by atoms with Crippen LogP contribution in [0.2, 0.25) is 0 Å². The Hall–Kier alpha value is -2.20. The fraction of sp³-hybridized carbons (Fsp3) is 0.296. The summed E-state index contributed by atoms with van der Waals surface area (Å²) < 4.78 is 36.2. The molecule has 1 unspecified atom stereocenters. The average molecular weight is 636 g/mol. The molecule has 0 aromatic heterocycles. The van der Waals surface area contributed by atoms with Gasteiger partial charge in [-0.25, -0.2) is 8.42 Å². The van der Waals surface area contributed by atoms with E-state index in [0.717, 1.165) is 25.6 Å². The van der Waals surface area contributed by atoms with Gasteiger partial charge >= 0.3 is 0 Å². The molecule has 1 heterocycles. The number of amides is 1. The summed E-state index contributed by atoms with van der Waals surface area (Å²) in [5.74, 6) is -0.105. The number of benzene rings is 3. The van der Waals surface area contributed by atoms with E-state index < -0.39 is 10.0 Å². The van der Waals surface area contributed by atoms with Crippen molar-refractivity contribution in [1.82, 2.24) is 4.90 Å². The van der Waals surface area contributed by atoms with Crippen molar-refractivity contribution in [2.24, 2.45) is 0 Å². The molecule has 36 heavy (non-hydrogen) atoms. The van der Waals surface area contributed by atoms with Gasteiger partial charge in [0.2, 0.25) is 5.91 Å². The molecule has 3 aromatic carbocycles. The van der Waals surface area contributed by atoms with Gasteiger partial charge in [-0.05, 0) is 79.1 Å². The Morgan fingerprint density at radius 1 is 0.972 bits per heavy atom. The van der Waals surface area contributed by atoms with E-state index in [2.05, 4.69) is 31.9 Å². The van der Waals surface area contributed by atoms with Crippen molar-refractivity contribution in [3.63, 3.8) is 0 Å². The minimum absolute atomic E-state index is 0.0323. The van der Waals surface area contributed by atoms with Crippen LogP contribution in [0.25, 0.3) is 0 Å². The summed E-state index contributed by atoms with van der Waals surface area (Å²) >= 11 is 6.82. The number of hydrogen-bond acceptors (Lipinski definition) is 4. The summed E-state index contributed by atoms with van der Waals surface area (Å²) in [6.07, 6.45) is 0.0514. The predicted molar refractivity (Wildman–Crippen MR) is 149 cm³/mol. The van der Waals surface area contributed by atoms with Gasteiger partial charge in [-0.2, -0.15) is 0 Å². The number of carbonyl (C=O) groups excluding carboxylic acids is 1. The Bertz CT molecular complexity index is 1310. The van der Waals surface area contributed by atoms with Gasteiger partial charge in [-0.3, -0.25) is 9.10 Å². The summed E-state index contributed by atoms with van der Waals surface area (Å²) in [6, 6.07) is 19.9. The van der Waals surface area contributed by atoms with Crippen molar-refractivity contribution in [3.8, 4) is 0 Å². The third-order valence-corrected chi connectivity index (χ3v) is 9.03. The molecule has 1 fully saturated rings. The fourth-order valence-corrected chi connectivity index (χ4v) is 6.40. The predicted octanol–water partition coefficient (Wildman–Crippen LogP) is 6.01. The summed E-state index contributed by atoms with van der Waals surface area (Å²) in [5.41, 5.74) is 3.45. The van der Waals surface area contributed by atoms with Crippen molar-refractivity contribution in [2.45, 2.75) is 31.2 Å². The highest BCUT2D eigenvalue weighted by Gasteiger charge is 2.31. The number of halogens is 2. The quantitative estimate of drug-likeness (QED) is 0.319. The Labute approximate surface area is 229 Å². The molecule has 0 spiro atoms. The van der Waals surface area contributed by atoms with Gasteiger partial charge in [0, 0.05) is 28.5 Å². The lowest BCUT2D eigenvalue weighted by atomic mass is 10.0. The Morgan fingerprint density at radius 2 is 1.56 bits per heavy atom. The molecule has 0 N–H and O–H groups in total. The number of anilines is 1. The lowest BCUT2D eigenvalue weighted by Gasteiger charge is -2.36. The van der Waals surface area contributed by atoms with Gasteiger partial charge in [0.05, 0.1) is 29.8 Å². The summed E-state index contributed by atoms with van der Waals surface area (Å²) in [7, 11) is -3.89. The van der Waals surface area contributed by atoms with Gasteiger partial charge in [0.25, 0.3) is 10.0 Å². The third-order valence-electron chi connectivity index (χ3n) is 6.13. The molecule has 0 radical (unpaired) electrons. The van der Waals surface area contributed by atoms with Gasteiger partial charge in [-0.15, -0.1) is 0 Å². The second-order valence-electron chi connectivity index (χ2n) is 8.86. The molecule has 4 rings (SSSR count). The molecule has 190 valence electrons. The molecule has 6 nitrogen and oxygen atoms in total. The SMILES string of the molecule is Cc1cc(C)cc(N(CCC(=O)N2CCOCC2c2ccc(Br)cc2)S(=O)(=O)c2ccc(Br)cc2)c1. The highest BCUT2D eigenvalue weighted by Crippen LogP contribution is 2.29. The monoisotopic (exact) mass is 634 g/mol. The van der Waals surface area contributed by atoms with E-state index in [9.17, 15) is 13.2 Å². The van der Waals surface area contributed by atoms with Crippen LogP contribution in [0.3, 0.4) is 0 Å². The number of aryl methyl sites for hydroxylation is 2. The van der Waals surface area contributed by atoms with E-state index in [1.807, 2.05) is 56.3 Å². The lowest BCUT2D eigenvalue weighted by molar-refractivity contribution is -0.139. The Kier molecular flexibility index (Phi) is 8.55. The molecule has 1 saturated heterocycles. The third kappa shape index (κ3) is 6.19. The second-order valence-corrected chi connectivity index (χ2v) is 12.6. The summed E-state index contributed by atoms with van der Waals surface area (Å²) in [5, 5.41) is 0. The normalized spacial score (nSPS) is 16.1. The van der Waals surface area contributed by atoms with E-state index in [0.29, 0.717) is 25.4 Å². The van der Waals surface area contributed by atoms with Crippen molar-refractivity contribution in [1.29, 1.82) is 0 Å². The molecule has 1 amide bonds. The first-order valence-corrected chi connectivity index (χ1v) is 14.7. The number of morpholine rings is 1. The number of carbonyl (C=O) groups is 1.